The van der Waals surface area contributed by atoms with E-state index < -0.39 is 0 Å². The highest BCUT2D eigenvalue weighted by Gasteiger charge is 2.15. The van der Waals surface area contributed by atoms with Gasteiger partial charge in [0.05, 0.1) is 17.2 Å². The van der Waals surface area contributed by atoms with Crippen molar-refractivity contribution in [2.75, 3.05) is 7.11 Å². The first-order chi connectivity index (χ1) is 9.06. The number of ether oxygens (including phenoxy) is 1. The molecule has 0 saturated carbocycles. The summed E-state index contributed by atoms with van der Waals surface area (Å²) in [5.74, 6) is 0.340. The van der Waals surface area contributed by atoms with Crippen molar-refractivity contribution in [2.45, 2.75) is 0 Å². The van der Waals surface area contributed by atoms with Gasteiger partial charge in [0.15, 0.2) is 6.29 Å². The van der Waals surface area contributed by atoms with E-state index in [0.717, 1.165) is 0 Å². The van der Waals surface area contributed by atoms with Crippen LogP contribution in [0.5, 0.6) is 5.88 Å². The lowest BCUT2D eigenvalue weighted by molar-refractivity contribution is 0.112. The van der Waals surface area contributed by atoms with Crippen molar-refractivity contribution in [1.82, 2.24) is 4.98 Å². The van der Waals surface area contributed by atoms with E-state index in [1.807, 2.05) is 0 Å². The van der Waals surface area contributed by atoms with E-state index in [1.54, 1.807) is 12.1 Å². The predicted molar refractivity (Wildman–Crippen MR) is 76.6 cm³/mol. The quantitative estimate of drug-likeness (QED) is 0.781. The van der Waals surface area contributed by atoms with Crippen molar-refractivity contribution < 1.29 is 9.53 Å². The highest BCUT2D eigenvalue weighted by Crippen LogP contribution is 2.38. The molecule has 2 aromatic rings. The van der Waals surface area contributed by atoms with Crippen molar-refractivity contribution in [1.29, 1.82) is 0 Å². The summed E-state index contributed by atoms with van der Waals surface area (Å²) in [6, 6.07) is 4.63. The number of halogens is 3. The second kappa shape index (κ2) is 5.78. The summed E-state index contributed by atoms with van der Waals surface area (Å²) in [4.78, 5) is 15.2. The molecule has 0 aliphatic heterocycles. The van der Waals surface area contributed by atoms with Crippen molar-refractivity contribution in [3.8, 4) is 17.0 Å². The Balaban J connectivity index is 2.68. The van der Waals surface area contributed by atoms with E-state index >= 15 is 0 Å². The van der Waals surface area contributed by atoms with Gasteiger partial charge in [0.25, 0.3) is 0 Å². The van der Waals surface area contributed by atoms with Gasteiger partial charge in [0.2, 0.25) is 5.88 Å². The predicted octanol–water partition coefficient (Wildman–Crippen LogP) is 4.53. The fourth-order valence-electron chi connectivity index (χ4n) is 1.67. The van der Waals surface area contributed by atoms with Crippen LogP contribution in [0.3, 0.4) is 0 Å². The molecular weight excluding hydrogens is 309 g/mol. The third-order valence-electron chi connectivity index (χ3n) is 2.52. The lowest BCUT2D eigenvalue weighted by atomic mass is 10.0. The monoisotopic (exact) mass is 315 g/mol. The number of hydrogen-bond donors (Lipinski definition) is 0. The molecule has 0 aliphatic rings. The standard InChI is InChI=1S/C13H8Cl3NO2/c1-19-12-2-7(6-18)9(5-17-12)13-10(15)3-8(14)4-11(13)16/h2-6H,1H3. The Labute approximate surface area is 125 Å². The van der Waals surface area contributed by atoms with Crippen molar-refractivity contribution in [2.24, 2.45) is 0 Å². The number of rotatable bonds is 3. The zero-order valence-corrected chi connectivity index (χ0v) is 12.1. The number of methoxy groups -OCH3 is 1. The molecule has 0 unspecified atom stereocenters. The van der Waals surface area contributed by atoms with E-state index in [9.17, 15) is 4.79 Å². The lowest BCUT2D eigenvalue weighted by Gasteiger charge is -2.10. The van der Waals surface area contributed by atoms with Gasteiger partial charge in [-0.1, -0.05) is 34.8 Å². The summed E-state index contributed by atoms with van der Waals surface area (Å²) < 4.78 is 4.97. The van der Waals surface area contributed by atoms with E-state index in [4.69, 9.17) is 39.5 Å². The molecule has 1 aromatic carbocycles. The molecule has 98 valence electrons. The number of carbonyl (C=O) groups excluding carboxylic acids is 1. The molecule has 19 heavy (non-hydrogen) atoms. The van der Waals surface area contributed by atoms with E-state index in [0.29, 0.717) is 43.9 Å². The van der Waals surface area contributed by atoms with Gasteiger partial charge < -0.3 is 4.74 Å². The smallest absolute Gasteiger partial charge is 0.213 e. The van der Waals surface area contributed by atoms with E-state index in [2.05, 4.69) is 4.98 Å². The lowest BCUT2D eigenvalue weighted by Crippen LogP contribution is -1.95. The van der Waals surface area contributed by atoms with Gasteiger partial charge in [-0.25, -0.2) is 4.98 Å². The normalized spacial score (nSPS) is 10.3. The van der Waals surface area contributed by atoms with Crippen LogP contribution in [-0.2, 0) is 0 Å². The highest BCUT2D eigenvalue weighted by molar-refractivity contribution is 6.42. The average molecular weight is 317 g/mol. The molecular formula is C13H8Cl3NO2. The van der Waals surface area contributed by atoms with Crippen LogP contribution in [0, 0.1) is 0 Å². The largest absolute Gasteiger partial charge is 0.481 e. The van der Waals surface area contributed by atoms with Gasteiger partial charge in [-0.15, -0.1) is 0 Å². The van der Waals surface area contributed by atoms with Gasteiger partial charge in [-0.3, -0.25) is 4.79 Å². The summed E-state index contributed by atoms with van der Waals surface area (Å²) in [5.41, 5.74) is 1.44. The number of hydrogen-bond acceptors (Lipinski definition) is 3. The Morgan fingerprint density at radius 3 is 2.32 bits per heavy atom. The topological polar surface area (TPSA) is 39.2 Å². The number of pyridine rings is 1. The molecule has 6 heteroatoms. The fourth-order valence-corrected chi connectivity index (χ4v) is 2.69. The maximum absolute atomic E-state index is 11.2. The van der Waals surface area contributed by atoms with Crippen LogP contribution in [-0.4, -0.2) is 18.4 Å². The van der Waals surface area contributed by atoms with Gasteiger partial charge in [-0.05, 0) is 12.1 Å². The zero-order valence-electron chi connectivity index (χ0n) is 9.78. The molecule has 0 bridgehead atoms. The average Bonchev–Trinajstić information content (AvgIpc) is 2.37. The fraction of sp³-hybridized carbons (Fsp3) is 0.0769. The second-order valence-corrected chi connectivity index (χ2v) is 4.93. The van der Waals surface area contributed by atoms with Crippen LogP contribution in [0.4, 0.5) is 0 Å². The number of nitrogens with zero attached hydrogens (tertiary/aromatic N) is 1. The van der Waals surface area contributed by atoms with Crippen LogP contribution in [0.1, 0.15) is 10.4 Å². The Morgan fingerprint density at radius 2 is 1.79 bits per heavy atom. The highest BCUT2D eigenvalue weighted by atomic mass is 35.5. The molecule has 0 radical (unpaired) electrons. The summed E-state index contributed by atoms with van der Waals surface area (Å²) in [7, 11) is 1.47. The third-order valence-corrected chi connectivity index (χ3v) is 3.34. The zero-order chi connectivity index (χ0) is 14.0. The van der Waals surface area contributed by atoms with E-state index in [-0.39, 0.29) is 0 Å². The molecule has 0 aliphatic carbocycles. The number of aldehydes is 1. The van der Waals surface area contributed by atoms with Crippen molar-refractivity contribution in [3.05, 3.63) is 45.0 Å². The Bertz CT molecular complexity index is 621. The minimum atomic E-state index is 0.340. The summed E-state index contributed by atoms with van der Waals surface area (Å²) in [6.07, 6.45) is 2.18. The van der Waals surface area contributed by atoms with Gasteiger partial charge in [-0.2, -0.15) is 0 Å². The molecule has 0 saturated heterocycles. The number of carbonyl (C=O) groups is 1. The first-order valence-electron chi connectivity index (χ1n) is 5.21. The van der Waals surface area contributed by atoms with Gasteiger partial charge in [0.1, 0.15) is 0 Å². The summed E-state index contributed by atoms with van der Waals surface area (Å²) in [5, 5.41) is 1.13. The Hall–Kier alpha value is -1.29. The first-order valence-corrected chi connectivity index (χ1v) is 6.34. The van der Waals surface area contributed by atoms with E-state index in [1.165, 1.54) is 19.4 Å². The molecule has 1 aromatic heterocycles. The van der Waals surface area contributed by atoms with Crippen molar-refractivity contribution >= 4 is 41.1 Å². The Morgan fingerprint density at radius 1 is 1.16 bits per heavy atom. The second-order valence-electron chi connectivity index (χ2n) is 3.68. The number of aromatic nitrogens is 1. The molecule has 0 fully saturated rings. The molecule has 3 nitrogen and oxygen atoms in total. The SMILES string of the molecule is COc1cc(C=O)c(-c2c(Cl)cc(Cl)cc2Cl)cn1. The minimum Gasteiger partial charge on any atom is -0.481 e. The minimum absolute atomic E-state index is 0.340. The van der Waals surface area contributed by atoms with Crippen LogP contribution in [0.25, 0.3) is 11.1 Å². The van der Waals surface area contributed by atoms with Crippen LogP contribution in [0.15, 0.2) is 24.4 Å². The van der Waals surface area contributed by atoms with Gasteiger partial charge >= 0.3 is 0 Å². The molecule has 0 amide bonds. The van der Waals surface area contributed by atoms with Gasteiger partial charge in [0, 0.05) is 34.0 Å². The molecule has 0 atom stereocenters. The van der Waals surface area contributed by atoms with Crippen LogP contribution in [0.2, 0.25) is 15.1 Å². The maximum atomic E-state index is 11.2. The number of benzene rings is 1. The Kier molecular flexibility index (Phi) is 4.30. The summed E-state index contributed by atoms with van der Waals surface area (Å²) in [6.45, 7) is 0. The maximum Gasteiger partial charge on any atom is 0.213 e. The summed E-state index contributed by atoms with van der Waals surface area (Å²) >= 11 is 18.1. The van der Waals surface area contributed by atoms with Crippen LogP contribution >= 0.6 is 34.8 Å². The molecule has 0 spiro atoms. The van der Waals surface area contributed by atoms with Crippen LogP contribution < -0.4 is 4.74 Å². The molecule has 2 rings (SSSR count). The first kappa shape index (κ1) is 14.1. The third kappa shape index (κ3) is 2.84. The molecule has 1 heterocycles. The van der Waals surface area contributed by atoms with Crippen molar-refractivity contribution in [3.63, 3.8) is 0 Å². The molecule has 0 N–H and O–H groups in total.